The third kappa shape index (κ3) is 3.75. The maximum atomic E-state index is 11.7. The van der Waals surface area contributed by atoms with Crippen molar-refractivity contribution in [3.63, 3.8) is 0 Å². The number of primary amides is 1. The van der Waals surface area contributed by atoms with Crippen LogP contribution in [0.5, 0.6) is 10.9 Å². The van der Waals surface area contributed by atoms with E-state index in [1.165, 1.54) is 5.56 Å². The fraction of sp³-hybridized carbons (Fsp3) is 0.391. The molecule has 2 aliphatic rings. The van der Waals surface area contributed by atoms with E-state index in [1.807, 2.05) is 35.2 Å². The molecule has 1 unspecified atom stereocenters. The highest BCUT2D eigenvalue weighted by atomic mass is 32.1. The second-order valence-corrected chi connectivity index (χ2v) is 9.36. The Hall–Kier alpha value is -2.64. The molecule has 0 radical (unpaired) electrons. The van der Waals surface area contributed by atoms with Gasteiger partial charge in [0.1, 0.15) is 5.75 Å². The van der Waals surface area contributed by atoms with Gasteiger partial charge in [-0.3, -0.25) is 4.90 Å². The fourth-order valence-corrected chi connectivity index (χ4v) is 5.78. The molecule has 2 aliphatic heterocycles. The van der Waals surface area contributed by atoms with E-state index in [2.05, 4.69) is 35.1 Å². The Kier molecular flexibility index (Phi) is 5.08. The van der Waals surface area contributed by atoms with Crippen LogP contribution < -0.4 is 10.5 Å². The number of aromatic nitrogens is 1. The lowest BCUT2D eigenvalue weighted by Crippen LogP contribution is -2.53. The standard InChI is InChI=1S/C23H26N4O2S/c1-26(18-12-16-8-9-17(13-18)27(16)22(24)28)14-15-6-10-19(11-7-15)29-23-25-20-4-2-3-5-21(20)30-23/h2-7,10-11,16-18H,8-9,12-14H2,1H3,(H2,24,28)/t16-,17+,18?. The molecule has 2 bridgehead atoms. The predicted octanol–water partition coefficient (Wildman–Crippen LogP) is 4.59. The average molecular weight is 423 g/mol. The summed E-state index contributed by atoms with van der Waals surface area (Å²) in [5, 5.41) is 0.665. The van der Waals surface area contributed by atoms with Crippen LogP contribution >= 0.6 is 11.3 Å². The first-order chi connectivity index (χ1) is 14.6. The highest BCUT2D eigenvalue weighted by Gasteiger charge is 2.43. The normalized spacial score (nSPS) is 23.3. The van der Waals surface area contributed by atoms with E-state index in [0.29, 0.717) is 23.3 Å². The minimum atomic E-state index is -0.257. The van der Waals surface area contributed by atoms with E-state index >= 15 is 0 Å². The molecule has 30 heavy (non-hydrogen) atoms. The third-order valence-electron chi connectivity index (χ3n) is 6.42. The Morgan fingerprint density at radius 1 is 1.17 bits per heavy atom. The molecular formula is C23H26N4O2S. The van der Waals surface area contributed by atoms with Crippen molar-refractivity contribution < 1.29 is 9.53 Å². The number of nitrogens with two attached hydrogens (primary N) is 1. The maximum absolute atomic E-state index is 11.7. The van der Waals surface area contributed by atoms with Crippen molar-refractivity contribution in [2.45, 2.75) is 50.4 Å². The molecule has 3 atom stereocenters. The first-order valence-corrected chi connectivity index (χ1v) is 11.3. The van der Waals surface area contributed by atoms with Crippen LogP contribution in [0.3, 0.4) is 0 Å². The molecule has 5 rings (SSSR count). The van der Waals surface area contributed by atoms with Crippen molar-refractivity contribution in [3.05, 3.63) is 54.1 Å². The molecule has 7 heteroatoms. The molecule has 2 amide bonds. The molecule has 2 N–H and O–H groups in total. The number of rotatable bonds is 5. The van der Waals surface area contributed by atoms with Gasteiger partial charge >= 0.3 is 6.03 Å². The lowest BCUT2D eigenvalue weighted by molar-refractivity contribution is 0.0904. The number of thiazole rings is 1. The van der Waals surface area contributed by atoms with Crippen molar-refractivity contribution in [2.75, 3.05) is 7.05 Å². The van der Waals surface area contributed by atoms with Crippen LogP contribution in [0.1, 0.15) is 31.2 Å². The summed E-state index contributed by atoms with van der Waals surface area (Å²) in [6.07, 6.45) is 4.18. The number of carbonyl (C=O) groups is 1. The van der Waals surface area contributed by atoms with Gasteiger partial charge in [-0.15, -0.1) is 0 Å². The van der Waals surface area contributed by atoms with Crippen molar-refractivity contribution in [3.8, 4) is 10.9 Å². The van der Waals surface area contributed by atoms with Gasteiger partial charge in [0.15, 0.2) is 0 Å². The van der Waals surface area contributed by atoms with Gasteiger partial charge in [-0.1, -0.05) is 35.6 Å². The van der Waals surface area contributed by atoms with Gasteiger partial charge in [0.25, 0.3) is 5.19 Å². The average Bonchev–Trinajstić information content (AvgIpc) is 3.26. The molecule has 156 valence electrons. The number of piperidine rings is 1. The Morgan fingerprint density at radius 3 is 2.53 bits per heavy atom. The largest absolute Gasteiger partial charge is 0.431 e. The highest BCUT2D eigenvalue weighted by Crippen LogP contribution is 2.37. The van der Waals surface area contributed by atoms with Gasteiger partial charge in [-0.25, -0.2) is 9.78 Å². The number of fused-ring (bicyclic) bond motifs is 3. The number of ether oxygens (including phenoxy) is 1. The molecule has 2 aromatic carbocycles. The molecular weight excluding hydrogens is 396 g/mol. The molecule has 0 aliphatic carbocycles. The van der Waals surface area contributed by atoms with E-state index in [4.69, 9.17) is 10.5 Å². The van der Waals surface area contributed by atoms with Gasteiger partial charge in [0.05, 0.1) is 10.2 Å². The van der Waals surface area contributed by atoms with Crippen LogP contribution in [0.25, 0.3) is 10.2 Å². The molecule has 6 nitrogen and oxygen atoms in total. The minimum absolute atomic E-state index is 0.257. The summed E-state index contributed by atoms with van der Waals surface area (Å²) < 4.78 is 7.08. The summed E-state index contributed by atoms with van der Waals surface area (Å²) in [7, 11) is 2.18. The van der Waals surface area contributed by atoms with E-state index in [0.717, 1.165) is 48.2 Å². The van der Waals surface area contributed by atoms with Gasteiger partial charge in [0.2, 0.25) is 0 Å². The smallest absolute Gasteiger partial charge is 0.315 e. The second kappa shape index (κ2) is 7.89. The third-order valence-corrected chi connectivity index (χ3v) is 7.34. The SMILES string of the molecule is CN(Cc1ccc(Oc2nc3ccccc3s2)cc1)C1C[C@H]2CC[C@@H](C1)N2C(N)=O. The van der Waals surface area contributed by atoms with E-state index in [-0.39, 0.29) is 6.03 Å². The number of benzene rings is 2. The molecule has 3 heterocycles. The summed E-state index contributed by atoms with van der Waals surface area (Å²) in [6.45, 7) is 0.877. The van der Waals surface area contributed by atoms with E-state index < -0.39 is 0 Å². The van der Waals surface area contributed by atoms with E-state index in [9.17, 15) is 4.79 Å². The predicted molar refractivity (Wildman–Crippen MR) is 119 cm³/mol. The zero-order valence-electron chi connectivity index (χ0n) is 17.0. The van der Waals surface area contributed by atoms with Crippen molar-refractivity contribution in [1.82, 2.24) is 14.8 Å². The zero-order valence-corrected chi connectivity index (χ0v) is 17.8. The van der Waals surface area contributed by atoms with Crippen molar-refractivity contribution in [1.29, 1.82) is 0 Å². The number of para-hydroxylation sites is 1. The van der Waals surface area contributed by atoms with Crippen LogP contribution in [0.15, 0.2) is 48.5 Å². The molecule has 2 saturated heterocycles. The number of nitrogens with zero attached hydrogens (tertiary/aromatic N) is 3. The van der Waals surface area contributed by atoms with Crippen LogP contribution in [0.2, 0.25) is 0 Å². The summed E-state index contributed by atoms with van der Waals surface area (Å²) in [5.41, 5.74) is 7.80. The van der Waals surface area contributed by atoms with Gasteiger partial charge in [-0.2, -0.15) is 0 Å². The summed E-state index contributed by atoms with van der Waals surface area (Å²) in [6, 6.07) is 17.1. The lowest BCUT2D eigenvalue weighted by atomic mass is 9.96. The topological polar surface area (TPSA) is 71.7 Å². The van der Waals surface area contributed by atoms with Crippen LogP contribution in [0, 0.1) is 0 Å². The first kappa shape index (κ1) is 19.3. The minimum Gasteiger partial charge on any atom is -0.431 e. The number of urea groups is 1. The van der Waals surface area contributed by atoms with Gasteiger partial charge in [0, 0.05) is 24.7 Å². The van der Waals surface area contributed by atoms with E-state index in [1.54, 1.807) is 11.3 Å². The van der Waals surface area contributed by atoms with Crippen LogP contribution in [-0.2, 0) is 6.54 Å². The monoisotopic (exact) mass is 422 g/mol. The maximum Gasteiger partial charge on any atom is 0.315 e. The first-order valence-electron chi connectivity index (χ1n) is 10.5. The lowest BCUT2D eigenvalue weighted by Gasteiger charge is -2.41. The Bertz CT molecular complexity index is 1000. The van der Waals surface area contributed by atoms with Gasteiger partial charge in [-0.05, 0) is 62.6 Å². The van der Waals surface area contributed by atoms with Crippen molar-refractivity contribution in [2.24, 2.45) is 5.73 Å². The number of carbonyl (C=O) groups excluding carboxylic acids is 1. The van der Waals surface area contributed by atoms with Crippen LogP contribution in [-0.4, -0.2) is 46.0 Å². The number of amides is 2. The zero-order chi connectivity index (χ0) is 20.7. The molecule has 0 saturated carbocycles. The fourth-order valence-electron chi connectivity index (χ4n) is 4.94. The molecule has 2 fully saturated rings. The summed E-state index contributed by atoms with van der Waals surface area (Å²) >= 11 is 1.56. The molecule has 0 spiro atoms. The molecule has 1 aromatic heterocycles. The Labute approximate surface area is 180 Å². The summed E-state index contributed by atoms with van der Waals surface area (Å²) in [4.78, 5) is 20.6. The Balaban J connectivity index is 1.20. The number of hydrogen-bond acceptors (Lipinski definition) is 5. The number of hydrogen-bond donors (Lipinski definition) is 1. The van der Waals surface area contributed by atoms with Gasteiger partial charge < -0.3 is 15.4 Å². The summed E-state index contributed by atoms with van der Waals surface area (Å²) in [5.74, 6) is 0.799. The highest BCUT2D eigenvalue weighted by molar-refractivity contribution is 7.20. The quantitative estimate of drug-likeness (QED) is 0.653. The van der Waals surface area contributed by atoms with Crippen LogP contribution in [0.4, 0.5) is 4.79 Å². The van der Waals surface area contributed by atoms with Crippen molar-refractivity contribution >= 4 is 27.6 Å². The Morgan fingerprint density at radius 2 is 1.87 bits per heavy atom. The molecule has 3 aromatic rings. The second-order valence-electron chi connectivity index (χ2n) is 8.36.